The Kier molecular flexibility index (Phi) is 6.32. The number of ether oxygens (including phenoxy) is 2. The highest BCUT2D eigenvalue weighted by atomic mass is 19.3. The maximum Gasteiger partial charge on any atom is 0.253 e. The molecule has 0 aromatic carbocycles. The number of likely N-dealkylation sites (tertiary alicyclic amines) is 1. The summed E-state index contributed by atoms with van der Waals surface area (Å²) < 4.78 is 51.4. The molecule has 0 spiro atoms. The van der Waals surface area contributed by atoms with Gasteiger partial charge in [-0.1, -0.05) is 0 Å². The number of aromatic nitrogens is 1. The number of methoxy groups -OCH3 is 1. The molecule has 1 aliphatic heterocycles. The van der Waals surface area contributed by atoms with E-state index in [-0.39, 0.29) is 55.6 Å². The molecule has 156 valence electrons. The average Bonchev–Trinajstić information content (AvgIpc) is 3.23. The van der Waals surface area contributed by atoms with Crippen molar-refractivity contribution in [3.8, 4) is 11.8 Å². The first-order valence-electron chi connectivity index (χ1n) is 9.51. The summed E-state index contributed by atoms with van der Waals surface area (Å²) >= 11 is 0. The predicted molar refractivity (Wildman–Crippen MR) is 96.0 cm³/mol. The van der Waals surface area contributed by atoms with Crippen LogP contribution in [0, 0.1) is 11.7 Å². The number of nitrogens with zero attached hydrogens (tertiary/aromatic N) is 2. The standard InChI is InChI=1S/C19H26F3N3O3/c1-25-7-3-4-15(25)16(26)23-10-13-8-14(20)18(24-17(13)27-2)28-11-12-5-6-19(21,22)9-12/h8,12,15H,3-7,9-11H2,1-2H3,(H,23,26)/t12-,15-/m0/s1. The minimum Gasteiger partial charge on any atom is -0.481 e. The third-order valence-electron chi connectivity index (χ3n) is 5.41. The Morgan fingerprint density at radius 3 is 2.79 bits per heavy atom. The minimum absolute atomic E-state index is 0.0211. The van der Waals surface area contributed by atoms with Gasteiger partial charge in [0.25, 0.3) is 5.88 Å². The van der Waals surface area contributed by atoms with Crippen molar-refractivity contribution in [1.29, 1.82) is 0 Å². The van der Waals surface area contributed by atoms with E-state index in [4.69, 9.17) is 9.47 Å². The van der Waals surface area contributed by atoms with Crippen molar-refractivity contribution in [2.24, 2.45) is 5.92 Å². The number of carbonyl (C=O) groups is 1. The van der Waals surface area contributed by atoms with Gasteiger partial charge in [-0.2, -0.15) is 4.98 Å². The summed E-state index contributed by atoms with van der Waals surface area (Å²) in [5.41, 5.74) is 0.383. The van der Waals surface area contributed by atoms with Crippen molar-refractivity contribution >= 4 is 5.91 Å². The van der Waals surface area contributed by atoms with Crippen LogP contribution in [0.25, 0.3) is 0 Å². The molecule has 1 aliphatic carbocycles. The van der Waals surface area contributed by atoms with Crippen LogP contribution in [-0.2, 0) is 11.3 Å². The van der Waals surface area contributed by atoms with E-state index in [2.05, 4.69) is 10.3 Å². The zero-order valence-corrected chi connectivity index (χ0v) is 16.1. The first-order chi connectivity index (χ1) is 13.3. The molecule has 0 radical (unpaired) electrons. The quantitative estimate of drug-likeness (QED) is 0.761. The fourth-order valence-electron chi connectivity index (χ4n) is 3.82. The maximum absolute atomic E-state index is 14.4. The third kappa shape index (κ3) is 4.87. The Bertz CT molecular complexity index is 717. The van der Waals surface area contributed by atoms with E-state index in [1.807, 2.05) is 11.9 Å². The molecular weight excluding hydrogens is 375 g/mol. The van der Waals surface area contributed by atoms with Gasteiger partial charge in [0.2, 0.25) is 17.7 Å². The molecule has 1 aromatic heterocycles. The van der Waals surface area contributed by atoms with E-state index in [1.165, 1.54) is 13.2 Å². The average molecular weight is 401 g/mol. The van der Waals surface area contributed by atoms with Crippen molar-refractivity contribution < 1.29 is 27.4 Å². The SMILES string of the molecule is COc1nc(OC[C@H]2CCC(F)(F)C2)c(F)cc1CNC(=O)[C@@H]1CCCN1C. The number of likely N-dealkylation sites (N-methyl/N-ethyl adjacent to an activating group) is 1. The highest BCUT2D eigenvalue weighted by Gasteiger charge is 2.39. The van der Waals surface area contributed by atoms with Crippen molar-refractivity contribution in [2.45, 2.75) is 50.6 Å². The van der Waals surface area contributed by atoms with Gasteiger partial charge in [-0.05, 0) is 44.8 Å². The van der Waals surface area contributed by atoms with Crippen molar-refractivity contribution in [1.82, 2.24) is 15.2 Å². The molecule has 0 unspecified atom stereocenters. The number of amides is 1. The molecular formula is C19H26F3N3O3. The van der Waals surface area contributed by atoms with Crippen LogP contribution in [0.1, 0.15) is 37.7 Å². The zero-order chi connectivity index (χ0) is 20.3. The molecule has 1 amide bonds. The number of hydrogen-bond acceptors (Lipinski definition) is 5. The molecule has 6 nitrogen and oxygen atoms in total. The lowest BCUT2D eigenvalue weighted by atomic mass is 10.1. The number of rotatable bonds is 7. The molecule has 1 saturated heterocycles. The molecule has 9 heteroatoms. The van der Waals surface area contributed by atoms with E-state index in [0.717, 1.165) is 19.4 Å². The fraction of sp³-hybridized carbons (Fsp3) is 0.684. The van der Waals surface area contributed by atoms with Gasteiger partial charge in [0.05, 0.1) is 19.8 Å². The van der Waals surface area contributed by atoms with Crippen LogP contribution < -0.4 is 14.8 Å². The third-order valence-corrected chi connectivity index (χ3v) is 5.41. The summed E-state index contributed by atoms with van der Waals surface area (Å²) in [4.78, 5) is 18.3. The van der Waals surface area contributed by atoms with Gasteiger partial charge < -0.3 is 14.8 Å². The van der Waals surface area contributed by atoms with E-state index < -0.39 is 11.7 Å². The lowest BCUT2D eigenvalue weighted by Gasteiger charge is -2.19. The summed E-state index contributed by atoms with van der Waals surface area (Å²) in [6.45, 7) is 0.925. The summed E-state index contributed by atoms with van der Waals surface area (Å²) in [5.74, 6) is -3.99. The molecule has 0 bridgehead atoms. The predicted octanol–water partition coefficient (Wildman–Crippen LogP) is 2.75. The monoisotopic (exact) mass is 401 g/mol. The molecule has 2 aliphatic rings. The number of pyridine rings is 1. The smallest absolute Gasteiger partial charge is 0.253 e. The Labute approximate surface area is 162 Å². The van der Waals surface area contributed by atoms with Crippen LogP contribution in [0.5, 0.6) is 11.8 Å². The molecule has 2 heterocycles. The first-order valence-corrected chi connectivity index (χ1v) is 9.51. The van der Waals surface area contributed by atoms with Gasteiger partial charge in [0.1, 0.15) is 0 Å². The van der Waals surface area contributed by atoms with E-state index >= 15 is 0 Å². The maximum atomic E-state index is 14.4. The normalized spacial score (nSPS) is 24.3. The number of carbonyl (C=O) groups excluding carboxylic acids is 1. The largest absolute Gasteiger partial charge is 0.481 e. The van der Waals surface area contributed by atoms with E-state index in [0.29, 0.717) is 12.0 Å². The molecule has 3 rings (SSSR count). The molecule has 1 N–H and O–H groups in total. The number of halogens is 3. The molecule has 1 saturated carbocycles. The summed E-state index contributed by atoms with van der Waals surface area (Å²) in [6.07, 6.45) is 1.66. The van der Waals surface area contributed by atoms with Gasteiger partial charge >= 0.3 is 0 Å². The van der Waals surface area contributed by atoms with Crippen LogP contribution in [-0.4, -0.2) is 55.1 Å². The number of hydrogen-bond donors (Lipinski definition) is 1. The van der Waals surface area contributed by atoms with Gasteiger partial charge in [-0.15, -0.1) is 0 Å². The highest BCUT2D eigenvalue weighted by Crippen LogP contribution is 2.39. The summed E-state index contributed by atoms with van der Waals surface area (Å²) in [7, 11) is 3.28. The van der Waals surface area contributed by atoms with E-state index in [9.17, 15) is 18.0 Å². The Morgan fingerprint density at radius 2 is 2.18 bits per heavy atom. The highest BCUT2D eigenvalue weighted by molar-refractivity contribution is 5.82. The van der Waals surface area contributed by atoms with Crippen LogP contribution in [0.4, 0.5) is 13.2 Å². The molecule has 2 atom stereocenters. The lowest BCUT2D eigenvalue weighted by Crippen LogP contribution is -2.41. The fourth-order valence-corrected chi connectivity index (χ4v) is 3.82. The van der Waals surface area contributed by atoms with Crippen molar-refractivity contribution in [3.63, 3.8) is 0 Å². The Balaban J connectivity index is 1.60. The van der Waals surface area contributed by atoms with E-state index in [1.54, 1.807) is 0 Å². The van der Waals surface area contributed by atoms with Gasteiger partial charge in [-0.25, -0.2) is 13.2 Å². The molecule has 2 fully saturated rings. The molecule has 1 aromatic rings. The topological polar surface area (TPSA) is 63.7 Å². The van der Waals surface area contributed by atoms with Crippen LogP contribution in [0.3, 0.4) is 0 Å². The molecule has 28 heavy (non-hydrogen) atoms. The summed E-state index contributed by atoms with van der Waals surface area (Å²) in [5, 5.41) is 2.79. The lowest BCUT2D eigenvalue weighted by molar-refractivity contribution is -0.125. The second-order valence-electron chi connectivity index (χ2n) is 7.58. The van der Waals surface area contributed by atoms with Crippen molar-refractivity contribution in [3.05, 3.63) is 17.4 Å². The zero-order valence-electron chi connectivity index (χ0n) is 16.1. The van der Waals surface area contributed by atoms with Gasteiger partial charge in [0.15, 0.2) is 5.82 Å². The van der Waals surface area contributed by atoms with Crippen LogP contribution in [0.15, 0.2) is 6.07 Å². The van der Waals surface area contributed by atoms with Crippen LogP contribution in [0.2, 0.25) is 0 Å². The van der Waals surface area contributed by atoms with Gasteiger partial charge in [0, 0.05) is 24.9 Å². The second kappa shape index (κ2) is 8.55. The van der Waals surface area contributed by atoms with Crippen molar-refractivity contribution in [2.75, 3.05) is 27.3 Å². The first kappa shape index (κ1) is 20.7. The number of nitrogens with one attached hydrogen (secondary N) is 1. The number of alkyl halides is 2. The Morgan fingerprint density at radius 1 is 1.39 bits per heavy atom. The van der Waals surface area contributed by atoms with Gasteiger partial charge in [-0.3, -0.25) is 9.69 Å². The summed E-state index contributed by atoms with van der Waals surface area (Å²) in [6, 6.07) is 1.01. The second-order valence-corrected chi connectivity index (χ2v) is 7.58. The minimum atomic E-state index is -2.67. The Hall–Kier alpha value is -2.03. The van der Waals surface area contributed by atoms with Crippen LogP contribution >= 0.6 is 0 Å².